The molecule has 0 saturated heterocycles. The van der Waals surface area contributed by atoms with Crippen molar-refractivity contribution in [2.75, 3.05) is 11.9 Å². The van der Waals surface area contributed by atoms with Crippen LogP contribution < -0.4 is 11.1 Å². The van der Waals surface area contributed by atoms with E-state index in [4.69, 9.17) is 5.73 Å². The number of nitrogens with two attached hydrogens (primary N) is 1. The molecule has 0 heterocycles. The maximum Gasteiger partial charge on any atom is 0.193 e. The third-order valence-corrected chi connectivity index (χ3v) is 4.69. The lowest BCUT2D eigenvalue weighted by Crippen LogP contribution is -2.24. The van der Waals surface area contributed by atoms with Crippen molar-refractivity contribution < 1.29 is 0 Å². The summed E-state index contributed by atoms with van der Waals surface area (Å²) >= 11 is 0. The largest absolute Gasteiger partial charge is 0.370 e. The topological polar surface area (TPSA) is 50.4 Å². The van der Waals surface area contributed by atoms with Crippen molar-refractivity contribution in [3.63, 3.8) is 0 Å². The van der Waals surface area contributed by atoms with Gasteiger partial charge in [0.1, 0.15) is 0 Å². The third-order valence-electron chi connectivity index (χ3n) is 4.69. The number of rotatable bonds is 5. The van der Waals surface area contributed by atoms with E-state index < -0.39 is 0 Å². The monoisotopic (exact) mass is 399 g/mol. The van der Waals surface area contributed by atoms with Crippen LogP contribution in [0.3, 0.4) is 0 Å². The normalized spacial score (nSPS) is 18.8. The SMILES string of the molecule is CCCC1(CN=C(N)Nc2ccc3c(c2)CCC3)CC1.I. The predicted molar refractivity (Wildman–Crippen MR) is 101 cm³/mol. The molecule has 2 aliphatic rings. The molecule has 1 aromatic carbocycles. The highest BCUT2D eigenvalue weighted by Gasteiger charge is 2.41. The number of nitrogens with zero attached hydrogens (tertiary/aromatic N) is 1. The molecule has 0 unspecified atom stereocenters. The second-order valence-corrected chi connectivity index (χ2v) is 6.41. The number of fused-ring (bicyclic) bond motifs is 1. The van der Waals surface area contributed by atoms with Crippen LogP contribution >= 0.6 is 24.0 Å². The Hall–Kier alpha value is -0.780. The Morgan fingerprint density at radius 3 is 2.76 bits per heavy atom. The Kier molecular flexibility index (Phi) is 5.52. The number of hydrogen-bond acceptors (Lipinski definition) is 1. The molecule has 0 bridgehead atoms. The molecule has 2 aliphatic carbocycles. The lowest BCUT2D eigenvalue weighted by molar-refractivity contribution is 0.473. The molecular weight excluding hydrogens is 373 g/mol. The van der Waals surface area contributed by atoms with Gasteiger partial charge in [0.05, 0.1) is 0 Å². The smallest absolute Gasteiger partial charge is 0.193 e. The van der Waals surface area contributed by atoms with Crippen molar-refractivity contribution in [2.45, 2.75) is 51.9 Å². The minimum absolute atomic E-state index is 0. The zero-order valence-electron chi connectivity index (χ0n) is 12.8. The standard InChI is InChI=1S/C17H25N3.HI/c1-2-8-17(9-10-17)12-19-16(18)20-15-7-6-13-4-3-5-14(13)11-15;/h6-7,11H,2-5,8-10,12H2,1H3,(H3,18,19,20);1H. The van der Waals surface area contributed by atoms with Crippen molar-refractivity contribution in [2.24, 2.45) is 16.1 Å². The number of hydrogen-bond donors (Lipinski definition) is 2. The van der Waals surface area contributed by atoms with Crippen LogP contribution in [0.15, 0.2) is 23.2 Å². The maximum absolute atomic E-state index is 6.02. The van der Waals surface area contributed by atoms with Crippen LogP contribution in [0, 0.1) is 5.41 Å². The highest BCUT2D eigenvalue weighted by atomic mass is 127. The molecule has 3 rings (SSSR count). The fourth-order valence-corrected chi connectivity index (χ4v) is 3.28. The fraction of sp³-hybridized carbons (Fsp3) is 0.588. The highest BCUT2D eigenvalue weighted by molar-refractivity contribution is 14.0. The highest BCUT2D eigenvalue weighted by Crippen LogP contribution is 2.49. The van der Waals surface area contributed by atoms with Gasteiger partial charge in [-0.15, -0.1) is 24.0 Å². The molecule has 0 aromatic heterocycles. The lowest BCUT2D eigenvalue weighted by atomic mass is 10.0. The summed E-state index contributed by atoms with van der Waals surface area (Å²) in [6.45, 7) is 3.13. The molecule has 0 atom stereocenters. The van der Waals surface area contributed by atoms with Gasteiger partial charge in [0.15, 0.2) is 5.96 Å². The Labute approximate surface area is 144 Å². The van der Waals surface area contributed by atoms with Crippen molar-refractivity contribution in [3.05, 3.63) is 29.3 Å². The second kappa shape index (κ2) is 6.99. The number of halogens is 1. The molecule has 4 heteroatoms. The van der Waals surface area contributed by atoms with Crippen molar-refractivity contribution in [3.8, 4) is 0 Å². The summed E-state index contributed by atoms with van der Waals surface area (Å²) in [4.78, 5) is 4.55. The third kappa shape index (κ3) is 4.11. The van der Waals surface area contributed by atoms with Crippen LogP contribution in [0.2, 0.25) is 0 Å². The molecule has 1 fully saturated rings. The van der Waals surface area contributed by atoms with E-state index in [-0.39, 0.29) is 24.0 Å². The minimum Gasteiger partial charge on any atom is -0.370 e. The molecule has 0 aliphatic heterocycles. The average Bonchev–Trinajstić information content (AvgIpc) is 3.04. The van der Waals surface area contributed by atoms with Gasteiger partial charge >= 0.3 is 0 Å². The van der Waals surface area contributed by atoms with E-state index in [1.807, 2.05) is 0 Å². The molecule has 3 nitrogen and oxygen atoms in total. The van der Waals surface area contributed by atoms with Crippen LogP contribution in [0.25, 0.3) is 0 Å². The number of aryl methyl sites for hydroxylation is 2. The van der Waals surface area contributed by atoms with E-state index in [1.165, 1.54) is 56.1 Å². The Morgan fingerprint density at radius 2 is 2.05 bits per heavy atom. The Balaban J connectivity index is 0.00000161. The summed E-state index contributed by atoms with van der Waals surface area (Å²) < 4.78 is 0. The van der Waals surface area contributed by atoms with Gasteiger partial charge in [-0.25, -0.2) is 0 Å². The molecule has 1 saturated carbocycles. The molecule has 0 amide bonds. The van der Waals surface area contributed by atoms with Gasteiger partial charge < -0.3 is 11.1 Å². The van der Waals surface area contributed by atoms with Crippen LogP contribution in [-0.4, -0.2) is 12.5 Å². The summed E-state index contributed by atoms with van der Waals surface area (Å²) in [5.74, 6) is 0.560. The number of anilines is 1. The Bertz CT molecular complexity index is 521. The van der Waals surface area contributed by atoms with Gasteiger partial charge in [0.25, 0.3) is 0 Å². The molecule has 0 spiro atoms. The first-order chi connectivity index (χ1) is 9.71. The Morgan fingerprint density at radius 1 is 1.29 bits per heavy atom. The zero-order valence-corrected chi connectivity index (χ0v) is 15.2. The van der Waals surface area contributed by atoms with E-state index in [1.54, 1.807) is 0 Å². The van der Waals surface area contributed by atoms with E-state index in [0.717, 1.165) is 12.2 Å². The van der Waals surface area contributed by atoms with Crippen molar-refractivity contribution >= 4 is 35.6 Å². The number of benzene rings is 1. The summed E-state index contributed by atoms with van der Waals surface area (Å²) in [6, 6.07) is 6.56. The van der Waals surface area contributed by atoms with Gasteiger partial charge in [-0.2, -0.15) is 0 Å². The molecule has 116 valence electrons. The van der Waals surface area contributed by atoms with Crippen molar-refractivity contribution in [1.82, 2.24) is 0 Å². The molecule has 3 N–H and O–H groups in total. The average molecular weight is 399 g/mol. The van der Waals surface area contributed by atoms with Gasteiger partial charge in [0.2, 0.25) is 0 Å². The van der Waals surface area contributed by atoms with Gasteiger partial charge in [-0.3, -0.25) is 4.99 Å². The summed E-state index contributed by atoms with van der Waals surface area (Å²) in [7, 11) is 0. The number of nitrogens with one attached hydrogen (secondary N) is 1. The fourth-order valence-electron chi connectivity index (χ4n) is 3.28. The molecular formula is C17H26IN3. The van der Waals surface area contributed by atoms with E-state index >= 15 is 0 Å². The second-order valence-electron chi connectivity index (χ2n) is 6.41. The van der Waals surface area contributed by atoms with Crippen LogP contribution in [-0.2, 0) is 12.8 Å². The van der Waals surface area contributed by atoms with Crippen molar-refractivity contribution in [1.29, 1.82) is 0 Å². The molecule has 1 aromatic rings. The predicted octanol–water partition coefficient (Wildman–Crippen LogP) is 4.10. The van der Waals surface area contributed by atoms with E-state index in [0.29, 0.717) is 11.4 Å². The quantitative estimate of drug-likeness (QED) is 0.445. The maximum atomic E-state index is 6.02. The summed E-state index contributed by atoms with van der Waals surface area (Å²) in [5, 5.41) is 3.24. The summed E-state index contributed by atoms with van der Waals surface area (Å²) in [5.41, 5.74) is 10.5. The number of aliphatic imine (C=N–C) groups is 1. The van der Waals surface area contributed by atoms with E-state index in [9.17, 15) is 0 Å². The van der Waals surface area contributed by atoms with Crippen LogP contribution in [0.1, 0.15) is 50.2 Å². The van der Waals surface area contributed by atoms with Crippen LogP contribution in [0.5, 0.6) is 0 Å². The van der Waals surface area contributed by atoms with E-state index in [2.05, 4.69) is 35.4 Å². The first kappa shape index (κ1) is 16.6. The van der Waals surface area contributed by atoms with Gasteiger partial charge in [0, 0.05) is 12.2 Å². The zero-order chi connectivity index (χ0) is 14.0. The first-order valence-corrected chi connectivity index (χ1v) is 7.89. The van der Waals surface area contributed by atoms with Crippen LogP contribution in [0.4, 0.5) is 5.69 Å². The summed E-state index contributed by atoms with van der Waals surface area (Å²) in [6.07, 6.45) is 8.85. The lowest BCUT2D eigenvalue weighted by Gasteiger charge is -2.12. The number of guanidine groups is 1. The van der Waals surface area contributed by atoms with Gasteiger partial charge in [-0.1, -0.05) is 19.4 Å². The first-order valence-electron chi connectivity index (χ1n) is 7.89. The minimum atomic E-state index is 0. The van der Waals surface area contributed by atoms with Gasteiger partial charge in [-0.05, 0) is 67.2 Å². The molecule has 0 radical (unpaired) electrons. The molecule has 21 heavy (non-hydrogen) atoms.